The normalized spacial score (nSPS) is 9.94. The van der Waals surface area contributed by atoms with E-state index in [4.69, 9.17) is 4.74 Å². The number of nitrogens with zero attached hydrogens (tertiary/aromatic N) is 1. The Hall–Kier alpha value is -2.16. The van der Waals surface area contributed by atoms with E-state index in [0.29, 0.717) is 11.4 Å². The number of rotatable bonds is 4. The second-order valence-corrected chi connectivity index (χ2v) is 3.58. The molecule has 3 heteroatoms. The summed E-state index contributed by atoms with van der Waals surface area (Å²) in [5, 5.41) is 0. The van der Waals surface area contributed by atoms with Crippen LogP contribution in [0.3, 0.4) is 0 Å². The molecule has 17 heavy (non-hydrogen) atoms. The number of pyridine rings is 1. The predicted molar refractivity (Wildman–Crippen MR) is 65.5 cm³/mol. The quantitative estimate of drug-likeness (QED) is 0.752. The van der Waals surface area contributed by atoms with Gasteiger partial charge in [-0.3, -0.25) is 4.79 Å². The van der Waals surface area contributed by atoms with E-state index >= 15 is 0 Å². The minimum atomic E-state index is 0.350. The number of carbonyl (C=O) groups is 1. The molecular weight excluding hydrogens is 214 g/mol. The molecule has 0 aliphatic heterocycles. The Morgan fingerprint density at radius 2 is 2.06 bits per heavy atom. The Morgan fingerprint density at radius 1 is 1.24 bits per heavy atom. The zero-order valence-corrected chi connectivity index (χ0v) is 9.59. The Balaban J connectivity index is 2.34. The molecule has 0 saturated carbocycles. The fraction of sp³-hybridized carbons (Fsp3) is 0.143. The van der Waals surface area contributed by atoms with E-state index < -0.39 is 0 Å². The SMILES string of the molecule is CCc1ccccc1Oc1ncccc1C=O. The molecule has 0 spiro atoms. The summed E-state index contributed by atoms with van der Waals surface area (Å²) in [6, 6.07) is 11.1. The number of aromatic nitrogens is 1. The number of hydrogen-bond acceptors (Lipinski definition) is 3. The van der Waals surface area contributed by atoms with Crippen LogP contribution < -0.4 is 4.74 Å². The van der Waals surface area contributed by atoms with Gasteiger partial charge in [0.1, 0.15) is 5.75 Å². The first-order valence-electron chi connectivity index (χ1n) is 5.51. The van der Waals surface area contributed by atoms with Crippen molar-refractivity contribution < 1.29 is 9.53 Å². The van der Waals surface area contributed by atoms with Crippen LogP contribution in [-0.4, -0.2) is 11.3 Å². The molecule has 0 radical (unpaired) electrons. The Labute approximate surface area is 100 Å². The first-order valence-corrected chi connectivity index (χ1v) is 5.51. The fourth-order valence-electron chi connectivity index (χ4n) is 1.58. The minimum absolute atomic E-state index is 0.350. The lowest BCUT2D eigenvalue weighted by Gasteiger charge is -2.09. The van der Waals surface area contributed by atoms with Crippen molar-refractivity contribution in [3.63, 3.8) is 0 Å². The summed E-state index contributed by atoms with van der Waals surface area (Å²) >= 11 is 0. The van der Waals surface area contributed by atoms with E-state index in [1.54, 1.807) is 18.3 Å². The van der Waals surface area contributed by atoms with Crippen LogP contribution in [0, 0.1) is 0 Å². The molecule has 0 N–H and O–H groups in total. The van der Waals surface area contributed by atoms with Crippen LogP contribution >= 0.6 is 0 Å². The molecular formula is C14H13NO2. The molecule has 0 atom stereocenters. The predicted octanol–water partition coefficient (Wildman–Crippen LogP) is 3.25. The number of para-hydroxylation sites is 1. The molecule has 0 fully saturated rings. The third-order valence-corrected chi connectivity index (χ3v) is 2.49. The summed E-state index contributed by atoms with van der Waals surface area (Å²) < 4.78 is 5.68. The van der Waals surface area contributed by atoms with Gasteiger partial charge in [0.05, 0.1) is 5.56 Å². The van der Waals surface area contributed by atoms with Gasteiger partial charge in [-0.1, -0.05) is 25.1 Å². The summed E-state index contributed by atoms with van der Waals surface area (Å²) in [6.45, 7) is 2.06. The summed E-state index contributed by atoms with van der Waals surface area (Å²) in [7, 11) is 0. The minimum Gasteiger partial charge on any atom is -0.438 e. The number of hydrogen-bond donors (Lipinski definition) is 0. The second kappa shape index (κ2) is 5.25. The van der Waals surface area contributed by atoms with E-state index in [1.165, 1.54) is 0 Å². The lowest BCUT2D eigenvalue weighted by molar-refractivity contribution is 0.112. The zero-order chi connectivity index (χ0) is 12.1. The van der Waals surface area contributed by atoms with E-state index in [1.807, 2.05) is 24.3 Å². The van der Waals surface area contributed by atoms with E-state index in [9.17, 15) is 4.79 Å². The van der Waals surface area contributed by atoms with Gasteiger partial charge in [0.15, 0.2) is 6.29 Å². The van der Waals surface area contributed by atoms with E-state index in [0.717, 1.165) is 24.0 Å². The number of ether oxygens (including phenoxy) is 1. The van der Waals surface area contributed by atoms with Gasteiger partial charge in [0, 0.05) is 6.20 Å². The molecule has 0 aliphatic carbocycles. The van der Waals surface area contributed by atoms with Crippen LogP contribution in [0.1, 0.15) is 22.8 Å². The van der Waals surface area contributed by atoms with Crippen LogP contribution in [0.25, 0.3) is 0 Å². The van der Waals surface area contributed by atoms with Gasteiger partial charge in [-0.25, -0.2) is 4.98 Å². The van der Waals surface area contributed by atoms with Crippen LogP contribution in [-0.2, 0) is 6.42 Å². The Morgan fingerprint density at radius 3 is 2.82 bits per heavy atom. The molecule has 0 unspecified atom stereocenters. The summed E-state index contributed by atoms with van der Waals surface area (Å²) in [6.07, 6.45) is 3.23. The van der Waals surface area contributed by atoms with Crippen molar-refractivity contribution in [1.29, 1.82) is 0 Å². The lowest BCUT2D eigenvalue weighted by Crippen LogP contribution is -1.95. The number of benzene rings is 1. The van der Waals surface area contributed by atoms with E-state index in [2.05, 4.69) is 11.9 Å². The standard InChI is InChI=1S/C14H13NO2/c1-2-11-6-3-4-8-13(11)17-14-12(10-16)7-5-9-15-14/h3-10H,2H2,1H3. The molecule has 1 aromatic carbocycles. The first-order chi connectivity index (χ1) is 8.35. The maximum Gasteiger partial charge on any atom is 0.229 e. The van der Waals surface area contributed by atoms with Crippen LogP contribution in [0.4, 0.5) is 0 Å². The zero-order valence-electron chi connectivity index (χ0n) is 9.59. The second-order valence-electron chi connectivity index (χ2n) is 3.58. The molecule has 0 amide bonds. The van der Waals surface area contributed by atoms with Crippen molar-refractivity contribution in [2.24, 2.45) is 0 Å². The van der Waals surface area contributed by atoms with Crippen molar-refractivity contribution in [3.05, 3.63) is 53.7 Å². The third-order valence-electron chi connectivity index (χ3n) is 2.49. The van der Waals surface area contributed by atoms with Crippen molar-refractivity contribution in [2.45, 2.75) is 13.3 Å². The molecule has 0 saturated heterocycles. The molecule has 3 nitrogen and oxygen atoms in total. The van der Waals surface area contributed by atoms with Crippen LogP contribution in [0.2, 0.25) is 0 Å². The summed E-state index contributed by atoms with van der Waals surface area (Å²) in [5.41, 5.74) is 1.55. The molecule has 86 valence electrons. The smallest absolute Gasteiger partial charge is 0.229 e. The Kier molecular flexibility index (Phi) is 3.50. The highest BCUT2D eigenvalue weighted by Gasteiger charge is 2.07. The highest BCUT2D eigenvalue weighted by molar-refractivity contribution is 5.78. The summed E-state index contributed by atoms with van der Waals surface area (Å²) in [5.74, 6) is 1.10. The monoisotopic (exact) mass is 227 g/mol. The van der Waals surface area contributed by atoms with Crippen LogP contribution in [0.15, 0.2) is 42.6 Å². The van der Waals surface area contributed by atoms with Gasteiger partial charge in [-0.2, -0.15) is 0 Å². The number of aryl methyl sites for hydroxylation is 1. The molecule has 0 bridgehead atoms. The average Bonchev–Trinajstić information content (AvgIpc) is 2.40. The van der Waals surface area contributed by atoms with Gasteiger partial charge < -0.3 is 4.74 Å². The molecule has 2 rings (SSSR count). The average molecular weight is 227 g/mol. The van der Waals surface area contributed by atoms with Gasteiger partial charge in [-0.05, 0) is 30.2 Å². The van der Waals surface area contributed by atoms with Gasteiger partial charge >= 0.3 is 0 Å². The van der Waals surface area contributed by atoms with Crippen molar-refractivity contribution in [2.75, 3.05) is 0 Å². The van der Waals surface area contributed by atoms with Gasteiger partial charge in [-0.15, -0.1) is 0 Å². The maximum absolute atomic E-state index is 10.9. The molecule has 1 aromatic heterocycles. The Bertz CT molecular complexity index is 523. The lowest BCUT2D eigenvalue weighted by atomic mass is 10.1. The fourth-order valence-corrected chi connectivity index (χ4v) is 1.58. The maximum atomic E-state index is 10.9. The highest BCUT2D eigenvalue weighted by Crippen LogP contribution is 2.25. The van der Waals surface area contributed by atoms with Crippen molar-refractivity contribution in [3.8, 4) is 11.6 Å². The van der Waals surface area contributed by atoms with Crippen LogP contribution in [0.5, 0.6) is 11.6 Å². The third kappa shape index (κ3) is 2.50. The van der Waals surface area contributed by atoms with E-state index in [-0.39, 0.29) is 0 Å². The summed E-state index contributed by atoms with van der Waals surface area (Å²) in [4.78, 5) is 14.9. The first kappa shape index (κ1) is 11.3. The van der Waals surface area contributed by atoms with Gasteiger partial charge in [0.25, 0.3) is 0 Å². The topological polar surface area (TPSA) is 39.2 Å². The number of carbonyl (C=O) groups excluding carboxylic acids is 1. The molecule has 2 aromatic rings. The largest absolute Gasteiger partial charge is 0.438 e. The molecule has 1 heterocycles. The molecule has 0 aliphatic rings. The van der Waals surface area contributed by atoms with Crippen molar-refractivity contribution in [1.82, 2.24) is 4.98 Å². The van der Waals surface area contributed by atoms with Gasteiger partial charge in [0.2, 0.25) is 5.88 Å². The number of aldehydes is 1. The van der Waals surface area contributed by atoms with Crippen molar-refractivity contribution >= 4 is 6.29 Å². The highest BCUT2D eigenvalue weighted by atomic mass is 16.5.